The highest BCUT2D eigenvalue weighted by Crippen LogP contribution is 2.30. The summed E-state index contributed by atoms with van der Waals surface area (Å²) in [7, 11) is 3.67. The summed E-state index contributed by atoms with van der Waals surface area (Å²) in [5.41, 5.74) is 1.15. The van der Waals surface area contributed by atoms with Crippen LogP contribution in [0.15, 0.2) is 30.5 Å². The maximum Gasteiger partial charge on any atom is 0.227 e. The van der Waals surface area contributed by atoms with Crippen LogP contribution in [0.2, 0.25) is 5.02 Å². The summed E-state index contributed by atoms with van der Waals surface area (Å²) in [5, 5.41) is 0.545. The minimum Gasteiger partial charge on any atom is -0.489 e. The van der Waals surface area contributed by atoms with E-state index in [1.807, 2.05) is 36.2 Å². The molecule has 0 spiro atoms. The topological polar surface area (TPSA) is 67.8 Å². The van der Waals surface area contributed by atoms with Crippen molar-refractivity contribution in [3.8, 4) is 5.75 Å². The molecule has 0 unspecified atom stereocenters. The SMILES string of the molecule is COCCCN(C)c1ncc(Cl)c(N2CC[C@@H](Oc3ccc([C@H](C)CC(C)=O)cc3)C2)n1. The fourth-order valence-corrected chi connectivity index (χ4v) is 4.14. The minimum atomic E-state index is 0.0596. The van der Waals surface area contributed by atoms with Crippen molar-refractivity contribution >= 4 is 29.2 Å². The van der Waals surface area contributed by atoms with Crippen molar-refractivity contribution in [1.29, 1.82) is 0 Å². The number of rotatable bonds is 11. The van der Waals surface area contributed by atoms with Crippen LogP contribution in [0.25, 0.3) is 0 Å². The first-order chi connectivity index (χ1) is 15.4. The standard InChI is InChI=1S/C24H33ClN4O3/c1-17(14-18(2)30)19-6-8-20(9-7-19)32-21-10-12-29(16-21)23-22(25)15-26-24(27-23)28(3)11-5-13-31-4/h6-9,15,17,21H,5,10-14,16H2,1-4H3/t17-,21-/m1/s1. The number of carbonyl (C=O) groups is 1. The molecular formula is C24H33ClN4O3. The van der Waals surface area contributed by atoms with E-state index in [2.05, 4.69) is 16.8 Å². The van der Waals surface area contributed by atoms with E-state index in [4.69, 9.17) is 26.1 Å². The Morgan fingerprint density at radius 2 is 2.09 bits per heavy atom. The maximum atomic E-state index is 11.4. The van der Waals surface area contributed by atoms with Gasteiger partial charge in [0.25, 0.3) is 0 Å². The number of aromatic nitrogens is 2. The fourth-order valence-electron chi connectivity index (χ4n) is 3.93. The molecule has 1 fully saturated rings. The third-order valence-corrected chi connectivity index (χ3v) is 5.95. The molecule has 1 saturated heterocycles. The van der Waals surface area contributed by atoms with Crippen molar-refractivity contribution in [2.75, 3.05) is 50.2 Å². The first-order valence-corrected chi connectivity index (χ1v) is 11.5. The van der Waals surface area contributed by atoms with E-state index in [9.17, 15) is 4.79 Å². The van der Waals surface area contributed by atoms with Crippen LogP contribution in [-0.2, 0) is 9.53 Å². The van der Waals surface area contributed by atoms with Crippen molar-refractivity contribution in [3.63, 3.8) is 0 Å². The second-order valence-electron chi connectivity index (χ2n) is 8.46. The molecule has 0 bridgehead atoms. The predicted molar refractivity (Wildman–Crippen MR) is 128 cm³/mol. The lowest BCUT2D eigenvalue weighted by Gasteiger charge is -2.22. The Balaban J connectivity index is 1.59. The van der Waals surface area contributed by atoms with Crippen molar-refractivity contribution in [2.24, 2.45) is 0 Å². The van der Waals surface area contributed by atoms with E-state index < -0.39 is 0 Å². The van der Waals surface area contributed by atoms with Crippen molar-refractivity contribution < 1.29 is 14.3 Å². The molecule has 0 saturated carbocycles. The zero-order valence-electron chi connectivity index (χ0n) is 19.4. The van der Waals surface area contributed by atoms with Crippen LogP contribution >= 0.6 is 11.6 Å². The maximum absolute atomic E-state index is 11.4. The van der Waals surface area contributed by atoms with E-state index in [-0.39, 0.29) is 17.8 Å². The molecule has 0 aliphatic carbocycles. The van der Waals surface area contributed by atoms with Gasteiger partial charge in [0, 0.05) is 46.7 Å². The van der Waals surface area contributed by atoms with E-state index in [1.165, 1.54) is 0 Å². The molecule has 0 radical (unpaired) electrons. The number of nitrogens with zero attached hydrogens (tertiary/aromatic N) is 4. The lowest BCUT2D eigenvalue weighted by molar-refractivity contribution is -0.117. The van der Waals surface area contributed by atoms with Gasteiger partial charge in [0.2, 0.25) is 5.95 Å². The van der Waals surface area contributed by atoms with Crippen molar-refractivity contribution in [2.45, 2.75) is 45.1 Å². The summed E-state index contributed by atoms with van der Waals surface area (Å²) in [6, 6.07) is 8.06. The van der Waals surface area contributed by atoms with Gasteiger partial charge in [-0.25, -0.2) is 4.98 Å². The Hall–Kier alpha value is -2.38. The second kappa shape index (κ2) is 11.5. The monoisotopic (exact) mass is 460 g/mol. The summed E-state index contributed by atoms with van der Waals surface area (Å²) in [5.74, 6) is 2.65. The molecule has 174 valence electrons. The van der Waals surface area contributed by atoms with Gasteiger partial charge in [-0.3, -0.25) is 0 Å². The van der Waals surface area contributed by atoms with Crippen LogP contribution in [0.5, 0.6) is 5.75 Å². The van der Waals surface area contributed by atoms with Gasteiger partial charge in [-0.15, -0.1) is 0 Å². The van der Waals surface area contributed by atoms with Gasteiger partial charge in [-0.2, -0.15) is 4.98 Å². The average molecular weight is 461 g/mol. The van der Waals surface area contributed by atoms with Crippen LogP contribution in [-0.4, -0.2) is 62.3 Å². The minimum absolute atomic E-state index is 0.0596. The molecule has 1 aliphatic heterocycles. The Morgan fingerprint density at radius 1 is 1.34 bits per heavy atom. The number of carbonyl (C=O) groups excluding carboxylic acids is 1. The van der Waals surface area contributed by atoms with E-state index in [0.717, 1.165) is 43.1 Å². The van der Waals surface area contributed by atoms with Crippen LogP contribution in [0.3, 0.4) is 0 Å². The third-order valence-electron chi connectivity index (χ3n) is 5.69. The fraction of sp³-hybridized carbons (Fsp3) is 0.542. The number of halogens is 1. The normalized spacial score (nSPS) is 16.8. The van der Waals surface area contributed by atoms with Crippen LogP contribution < -0.4 is 14.5 Å². The zero-order valence-corrected chi connectivity index (χ0v) is 20.1. The van der Waals surface area contributed by atoms with Crippen LogP contribution in [0.4, 0.5) is 11.8 Å². The summed E-state index contributed by atoms with van der Waals surface area (Å²) >= 11 is 6.43. The molecule has 3 rings (SSSR count). The van der Waals surface area contributed by atoms with Crippen LogP contribution in [0, 0.1) is 0 Å². The van der Waals surface area contributed by atoms with E-state index in [0.29, 0.717) is 30.5 Å². The van der Waals surface area contributed by atoms with E-state index in [1.54, 1.807) is 20.2 Å². The number of methoxy groups -OCH3 is 1. The van der Waals surface area contributed by atoms with Gasteiger partial charge in [0.15, 0.2) is 5.82 Å². The lowest BCUT2D eigenvalue weighted by atomic mass is 9.96. The Morgan fingerprint density at radius 3 is 2.78 bits per heavy atom. The first-order valence-electron chi connectivity index (χ1n) is 11.1. The Labute approximate surface area is 195 Å². The highest BCUT2D eigenvalue weighted by molar-refractivity contribution is 6.32. The van der Waals surface area contributed by atoms with Gasteiger partial charge in [-0.05, 0) is 37.0 Å². The molecule has 2 heterocycles. The summed E-state index contributed by atoms with van der Waals surface area (Å²) < 4.78 is 11.3. The molecule has 0 amide bonds. The van der Waals surface area contributed by atoms with E-state index >= 15 is 0 Å². The van der Waals surface area contributed by atoms with Crippen molar-refractivity contribution in [1.82, 2.24) is 9.97 Å². The molecule has 7 nitrogen and oxygen atoms in total. The first kappa shape index (κ1) is 24.3. The van der Waals surface area contributed by atoms with Crippen molar-refractivity contribution in [3.05, 3.63) is 41.0 Å². The van der Waals surface area contributed by atoms with Gasteiger partial charge in [-0.1, -0.05) is 30.7 Å². The van der Waals surface area contributed by atoms with Crippen LogP contribution in [0.1, 0.15) is 44.6 Å². The highest BCUT2D eigenvalue weighted by Gasteiger charge is 2.27. The number of ether oxygens (including phenoxy) is 2. The Kier molecular flexibility index (Phi) is 8.70. The summed E-state index contributed by atoms with van der Waals surface area (Å²) in [4.78, 5) is 24.6. The molecule has 32 heavy (non-hydrogen) atoms. The van der Waals surface area contributed by atoms with Gasteiger partial charge in [0.05, 0.1) is 12.7 Å². The molecule has 2 aromatic rings. The largest absolute Gasteiger partial charge is 0.489 e. The second-order valence-corrected chi connectivity index (χ2v) is 8.87. The number of hydrogen-bond acceptors (Lipinski definition) is 7. The van der Waals surface area contributed by atoms with Gasteiger partial charge < -0.3 is 24.1 Å². The number of anilines is 2. The lowest BCUT2D eigenvalue weighted by Crippen LogP contribution is -2.27. The molecule has 1 aromatic carbocycles. The number of benzene rings is 1. The molecule has 2 atom stereocenters. The molecule has 1 aliphatic rings. The molecular weight excluding hydrogens is 428 g/mol. The third kappa shape index (κ3) is 6.56. The number of ketones is 1. The van der Waals surface area contributed by atoms with Gasteiger partial charge >= 0.3 is 0 Å². The number of hydrogen-bond donors (Lipinski definition) is 0. The molecule has 1 aromatic heterocycles. The summed E-state index contributed by atoms with van der Waals surface area (Å²) in [6.07, 6.45) is 4.08. The van der Waals surface area contributed by atoms with Gasteiger partial charge in [0.1, 0.15) is 22.7 Å². The predicted octanol–water partition coefficient (Wildman–Crippen LogP) is 4.34. The highest BCUT2D eigenvalue weighted by atomic mass is 35.5. The quantitative estimate of drug-likeness (QED) is 0.462. The molecule has 0 N–H and O–H groups in total. The zero-order chi connectivity index (χ0) is 23.1. The molecule has 8 heteroatoms. The summed E-state index contributed by atoms with van der Waals surface area (Å²) in [6.45, 7) is 6.75. The smallest absolute Gasteiger partial charge is 0.227 e. The Bertz CT molecular complexity index is 893. The number of Topliss-reactive ketones (excluding diaryl/α,β-unsaturated/α-hetero) is 1. The average Bonchev–Trinajstić information content (AvgIpc) is 3.22.